The summed E-state index contributed by atoms with van der Waals surface area (Å²) in [5.41, 5.74) is 6.31. The van der Waals surface area contributed by atoms with E-state index in [1.54, 1.807) is 6.20 Å². The normalized spacial score (nSPS) is 20.1. The number of nitrogens with one attached hydrogen (secondary N) is 1. The summed E-state index contributed by atoms with van der Waals surface area (Å²) in [6.07, 6.45) is 3.17. The van der Waals surface area contributed by atoms with Gasteiger partial charge in [0.25, 0.3) is 0 Å². The number of nitrogen functional groups attached to an aromatic ring is 1. The maximum atomic E-state index is 12.2. The van der Waals surface area contributed by atoms with Crippen molar-refractivity contribution in [2.45, 2.75) is 32.5 Å². The van der Waals surface area contributed by atoms with E-state index in [1.165, 1.54) is 6.20 Å². The Morgan fingerprint density at radius 3 is 3.00 bits per heavy atom. The highest BCUT2D eigenvalue weighted by Crippen LogP contribution is 2.11. The van der Waals surface area contributed by atoms with E-state index in [2.05, 4.69) is 20.2 Å². The maximum absolute atomic E-state index is 12.2. The van der Waals surface area contributed by atoms with Crippen LogP contribution in [0.3, 0.4) is 0 Å². The average molecular weight is 279 g/mol. The van der Waals surface area contributed by atoms with Gasteiger partial charge in [0.15, 0.2) is 0 Å². The van der Waals surface area contributed by atoms with Crippen LogP contribution < -0.4 is 11.1 Å². The molecule has 0 aliphatic carbocycles. The molecule has 20 heavy (non-hydrogen) atoms. The number of carbonyl (C=O) groups is 1. The number of carbonyl (C=O) groups excluding carboxylic acids is 1. The van der Waals surface area contributed by atoms with E-state index in [1.807, 2.05) is 13.8 Å². The predicted molar refractivity (Wildman–Crippen MR) is 74.7 cm³/mol. The molecule has 110 valence electrons. The molecular weight excluding hydrogens is 258 g/mol. The van der Waals surface area contributed by atoms with Crippen LogP contribution in [0.25, 0.3) is 0 Å². The second kappa shape index (κ2) is 6.62. The molecule has 0 radical (unpaired) electrons. The smallest absolute Gasteiger partial charge is 0.239 e. The zero-order valence-corrected chi connectivity index (χ0v) is 11.9. The number of ether oxygens (including phenoxy) is 1. The van der Waals surface area contributed by atoms with Gasteiger partial charge in [-0.05, 0) is 13.8 Å². The van der Waals surface area contributed by atoms with Gasteiger partial charge in [0.1, 0.15) is 11.9 Å². The number of anilines is 1. The van der Waals surface area contributed by atoms with Gasteiger partial charge in [-0.1, -0.05) is 0 Å². The summed E-state index contributed by atoms with van der Waals surface area (Å²) in [6, 6.07) is -0.173. The highest BCUT2D eigenvalue weighted by molar-refractivity contribution is 5.82. The van der Waals surface area contributed by atoms with Crippen molar-refractivity contribution in [1.82, 2.24) is 20.2 Å². The Hall–Kier alpha value is -1.73. The molecule has 1 aliphatic rings. The largest absolute Gasteiger partial charge is 0.382 e. The molecule has 3 N–H and O–H groups in total. The van der Waals surface area contributed by atoms with Crippen molar-refractivity contribution >= 4 is 11.7 Å². The number of hydrogen-bond donors (Lipinski definition) is 2. The average Bonchev–Trinajstić information content (AvgIpc) is 2.41. The zero-order chi connectivity index (χ0) is 14.5. The van der Waals surface area contributed by atoms with Crippen LogP contribution in [-0.4, -0.2) is 52.6 Å². The lowest BCUT2D eigenvalue weighted by Gasteiger charge is -2.34. The summed E-state index contributed by atoms with van der Waals surface area (Å²) in [5, 5.41) is 2.92. The summed E-state index contributed by atoms with van der Waals surface area (Å²) in [6.45, 7) is 6.17. The lowest BCUT2D eigenvalue weighted by atomic mass is 10.2. The molecule has 1 fully saturated rings. The molecule has 2 heterocycles. The molecule has 1 saturated heterocycles. The second-order valence-electron chi connectivity index (χ2n) is 5.16. The van der Waals surface area contributed by atoms with E-state index in [0.717, 1.165) is 5.69 Å². The van der Waals surface area contributed by atoms with Gasteiger partial charge in [0.2, 0.25) is 5.91 Å². The fourth-order valence-electron chi connectivity index (χ4n) is 2.10. The Bertz CT molecular complexity index is 449. The van der Waals surface area contributed by atoms with Crippen molar-refractivity contribution in [2.75, 3.05) is 25.5 Å². The third-order valence-electron chi connectivity index (χ3n) is 3.06. The van der Waals surface area contributed by atoms with E-state index >= 15 is 0 Å². The summed E-state index contributed by atoms with van der Waals surface area (Å²) in [7, 11) is 0. The molecule has 1 aliphatic heterocycles. The third-order valence-corrected chi connectivity index (χ3v) is 3.06. The van der Waals surface area contributed by atoms with Crippen LogP contribution in [0, 0.1) is 0 Å². The predicted octanol–water partition coefficient (Wildman–Crippen LogP) is -0.216. The maximum Gasteiger partial charge on any atom is 0.239 e. The fraction of sp³-hybridized carbons (Fsp3) is 0.615. The molecule has 7 nitrogen and oxygen atoms in total. The van der Waals surface area contributed by atoms with E-state index in [4.69, 9.17) is 10.5 Å². The van der Waals surface area contributed by atoms with Crippen LogP contribution in [0.4, 0.5) is 5.82 Å². The van der Waals surface area contributed by atoms with Crippen LogP contribution in [0.5, 0.6) is 0 Å². The first-order chi connectivity index (χ1) is 9.56. The molecule has 1 aromatic rings. The summed E-state index contributed by atoms with van der Waals surface area (Å²) < 4.78 is 5.41. The van der Waals surface area contributed by atoms with Crippen molar-refractivity contribution in [3.63, 3.8) is 0 Å². The van der Waals surface area contributed by atoms with Crippen LogP contribution in [0.2, 0.25) is 0 Å². The molecule has 0 aromatic carbocycles. The molecular formula is C13H21N5O2. The molecule has 1 amide bonds. The van der Waals surface area contributed by atoms with Gasteiger partial charge in [0.05, 0.1) is 31.3 Å². The Balaban J connectivity index is 2.03. The summed E-state index contributed by atoms with van der Waals surface area (Å²) in [5.74, 6) is 0.382. The molecule has 1 atom stereocenters. The first-order valence-electron chi connectivity index (χ1n) is 6.75. The summed E-state index contributed by atoms with van der Waals surface area (Å²) in [4.78, 5) is 22.5. The van der Waals surface area contributed by atoms with Crippen LogP contribution in [0.15, 0.2) is 12.4 Å². The van der Waals surface area contributed by atoms with Gasteiger partial charge in [0, 0.05) is 19.1 Å². The molecule has 1 unspecified atom stereocenters. The topological polar surface area (TPSA) is 93.4 Å². The minimum atomic E-state index is -0.287. The minimum absolute atomic E-state index is 0.0110. The quantitative estimate of drug-likeness (QED) is 0.792. The molecule has 0 bridgehead atoms. The lowest BCUT2D eigenvalue weighted by Crippen LogP contribution is -2.54. The Kier molecular flexibility index (Phi) is 4.86. The summed E-state index contributed by atoms with van der Waals surface area (Å²) >= 11 is 0. The lowest BCUT2D eigenvalue weighted by molar-refractivity contribution is -0.133. The number of morpholine rings is 1. The van der Waals surface area contributed by atoms with Crippen LogP contribution >= 0.6 is 0 Å². The van der Waals surface area contributed by atoms with Gasteiger partial charge in [-0.25, -0.2) is 4.98 Å². The van der Waals surface area contributed by atoms with Crippen molar-refractivity contribution in [3.8, 4) is 0 Å². The molecule has 2 rings (SSSR count). The van der Waals surface area contributed by atoms with Crippen LogP contribution in [-0.2, 0) is 16.1 Å². The van der Waals surface area contributed by atoms with E-state index in [-0.39, 0.29) is 18.0 Å². The van der Waals surface area contributed by atoms with Crippen molar-refractivity contribution in [2.24, 2.45) is 0 Å². The number of hydrogen-bond acceptors (Lipinski definition) is 6. The van der Waals surface area contributed by atoms with E-state index < -0.39 is 0 Å². The molecule has 0 saturated carbocycles. The number of rotatable bonds is 4. The zero-order valence-electron chi connectivity index (χ0n) is 11.9. The minimum Gasteiger partial charge on any atom is -0.382 e. The van der Waals surface area contributed by atoms with Crippen LogP contribution in [0.1, 0.15) is 19.5 Å². The van der Waals surface area contributed by atoms with Crippen molar-refractivity contribution in [3.05, 3.63) is 18.1 Å². The van der Waals surface area contributed by atoms with Gasteiger partial charge < -0.3 is 15.8 Å². The van der Waals surface area contributed by atoms with Gasteiger partial charge in [-0.3, -0.25) is 14.7 Å². The van der Waals surface area contributed by atoms with Crippen molar-refractivity contribution < 1.29 is 9.53 Å². The Morgan fingerprint density at radius 1 is 1.55 bits per heavy atom. The van der Waals surface area contributed by atoms with Gasteiger partial charge in [-0.2, -0.15) is 0 Å². The monoisotopic (exact) mass is 279 g/mol. The second-order valence-corrected chi connectivity index (χ2v) is 5.16. The number of aromatic nitrogens is 2. The highest BCUT2D eigenvalue weighted by Gasteiger charge is 2.29. The molecule has 0 spiro atoms. The molecule has 1 aromatic heterocycles. The Labute approximate surface area is 118 Å². The van der Waals surface area contributed by atoms with Crippen molar-refractivity contribution in [1.29, 1.82) is 0 Å². The number of amides is 1. The fourth-order valence-corrected chi connectivity index (χ4v) is 2.10. The van der Waals surface area contributed by atoms with E-state index in [0.29, 0.717) is 32.1 Å². The highest BCUT2D eigenvalue weighted by atomic mass is 16.5. The third kappa shape index (κ3) is 3.88. The number of nitrogens with two attached hydrogens (primary N) is 1. The van der Waals surface area contributed by atoms with Gasteiger partial charge in [-0.15, -0.1) is 0 Å². The SMILES string of the molecule is CC(C)NC(=O)C1COCCN1Cc1cnc(N)cn1. The Morgan fingerprint density at radius 2 is 2.35 bits per heavy atom. The molecule has 7 heteroatoms. The first kappa shape index (κ1) is 14.7. The standard InChI is InChI=1S/C13H21N5O2/c1-9(2)17-13(19)11-8-20-4-3-18(11)7-10-5-16-12(14)6-15-10/h5-6,9,11H,3-4,7-8H2,1-2H3,(H2,14,16)(H,17,19). The first-order valence-corrected chi connectivity index (χ1v) is 6.75. The van der Waals surface area contributed by atoms with Gasteiger partial charge >= 0.3 is 0 Å². The van der Waals surface area contributed by atoms with E-state index in [9.17, 15) is 4.79 Å². The number of nitrogens with zero attached hydrogens (tertiary/aromatic N) is 3.